The van der Waals surface area contributed by atoms with Crippen molar-refractivity contribution in [3.8, 4) is 5.75 Å². The molecule has 4 heteroatoms. The van der Waals surface area contributed by atoms with Crippen molar-refractivity contribution in [2.75, 3.05) is 19.7 Å². The van der Waals surface area contributed by atoms with Gasteiger partial charge in [0.15, 0.2) is 0 Å². The molecule has 0 saturated carbocycles. The number of ether oxygens (including phenoxy) is 1. The summed E-state index contributed by atoms with van der Waals surface area (Å²) >= 11 is 0. The number of benzene rings is 1. The van der Waals surface area contributed by atoms with Crippen LogP contribution in [0.5, 0.6) is 5.75 Å². The van der Waals surface area contributed by atoms with Crippen molar-refractivity contribution in [1.29, 1.82) is 0 Å². The molecular formula is C22H35NO3. The summed E-state index contributed by atoms with van der Waals surface area (Å²) in [4.78, 5) is 13.3. The van der Waals surface area contributed by atoms with Crippen molar-refractivity contribution in [2.45, 2.75) is 59.4 Å². The molecule has 0 aliphatic carbocycles. The van der Waals surface area contributed by atoms with Gasteiger partial charge in [0.2, 0.25) is 0 Å². The summed E-state index contributed by atoms with van der Waals surface area (Å²) in [6.07, 6.45) is 5.77. The second-order valence-corrected chi connectivity index (χ2v) is 8.27. The third-order valence-corrected chi connectivity index (χ3v) is 5.31. The smallest absolute Gasteiger partial charge is 0.307 e. The lowest BCUT2D eigenvalue weighted by atomic mass is 9.98. The third-order valence-electron chi connectivity index (χ3n) is 5.31. The number of aliphatic carboxylic acids is 1. The topological polar surface area (TPSA) is 49.8 Å². The van der Waals surface area contributed by atoms with Gasteiger partial charge in [-0.1, -0.05) is 52.2 Å². The zero-order valence-corrected chi connectivity index (χ0v) is 16.6. The van der Waals surface area contributed by atoms with Gasteiger partial charge in [0, 0.05) is 13.1 Å². The van der Waals surface area contributed by atoms with E-state index in [1.807, 2.05) is 12.1 Å². The molecular weight excluding hydrogens is 326 g/mol. The van der Waals surface area contributed by atoms with Gasteiger partial charge in [0.1, 0.15) is 5.75 Å². The Bertz CT molecular complexity index is 541. The quantitative estimate of drug-likeness (QED) is 0.614. The first kappa shape index (κ1) is 20.8. The number of hydrogen-bond donors (Lipinski definition) is 1. The largest absolute Gasteiger partial charge is 0.494 e. The molecule has 0 radical (unpaired) electrons. The van der Waals surface area contributed by atoms with Gasteiger partial charge in [0.25, 0.3) is 0 Å². The minimum Gasteiger partial charge on any atom is -0.494 e. The molecule has 1 aliphatic heterocycles. The molecule has 4 nitrogen and oxygen atoms in total. The number of hydrogen-bond acceptors (Lipinski definition) is 3. The van der Waals surface area contributed by atoms with E-state index in [4.69, 9.17) is 9.84 Å². The molecule has 2 rings (SSSR count). The van der Waals surface area contributed by atoms with E-state index in [1.165, 1.54) is 24.8 Å². The minimum absolute atomic E-state index is 0.208. The van der Waals surface area contributed by atoms with Crippen LogP contribution in [0.3, 0.4) is 0 Å². The Labute approximate surface area is 158 Å². The van der Waals surface area contributed by atoms with E-state index < -0.39 is 5.97 Å². The molecule has 2 unspecified atom stereocenters. The van der Waals surface area contributed by atoms with E-state index >= 15 is 0 Å². The second-order valence-electron chi connectivity index (χ2n) is 8.27. The summed E-state index contributed by atoms with van der Waals surface area (Å²) < 4.78 is 5.89. The molecule has 0 aromatic heterocycles. The molecule has 0 amide bonds. The molecule has 1 N–H and O–H groups in total. The Kier molecular flexibility index (Phi) is 8.43. The van der Waals surface area contributed by atoms with Gasteiger partial charge in [-0.15, -0.1) is 0 Å². The Morgan fingerprint density at radius 2 is 1.92 bits per heavy atom. The van der Waals surface area contributed by atoms with Gasteiger partial charge in [-0.05, 0) is 48.9 Å². The molecule has 1 aromatic rings. The van der Waals surface area contributed by atoms with E-state index in [0.717, 1.165) is 44.2 Å². The van der Waals surface area contributed by atoms with Crippen LogP contribution in [0.2, 0.25) is 0 Å². The number of rotatable bonds is 11. The van der Waals surface area contributed by atoms with Crippen molar-refractivity contribution in [1.82, 2.24) is 4.90 Å². The lowest BCUT2D eigenvalue weighted by Crippen LogP contribution is -2.22. The molecule has 146 valence electrons. The fourth-order valence-electron chi connectivity index (χ4n) is 3.52. The lowest BCUT2D eigenvalue weighted by molar-refractivity contribution is -0.141. The summed E-state index contributed by atoms with van der Waals surface area (Å²) in [6, 6.07) is 8.25. The highest BCUT2D eigenvalue weighted by molar-refractivity contribution is 5.70. The van der Waals surface area contributed by atoms with Gasteiger partial charge in [-0.3, -0.25) is 9.69 Å². The average molecular weight is 362 g/mol. The van der Waals surface area contributed by atoms with Crippen LogP contribution in [0.25, 0.3) is 0 Å². The van der Waals surface area contributed by atoms with Crippen LogP contribution < -0.4 is 4.74 Å². The third kappa shape index (κ3) is 7.36. The van der Waals surface area contributed by atoms with Crippen LogP contribution in [0.15, 0.2) is 24.3 Å². The number of carboxylic acids is 1. The van der Waals surface area contributed by atoms with Gasteiger partial charge >= 0.3 is 5.97 Å². The van der Waals surface area contributed by atoms with Crippen LogP contribution in [0.1, 0.15) is 58.4 Å². The molecule has 1 aliphatic rings. The monoisotopic (exact) mass is 361 g/mol. The zero-order valence-electron chi connectivity index (χ0n) is 16.6. The minimum atomic E-state index is -0.672. The molecule has 26 heavy (non-hydrogen) atoms. The van der Waals surface area contributed by atoms with Crippen molar-refractivity contribution in [2.24, 2.45) is 17.8 Å². The summed E-state index contributed by atoms with van der Waals surface area (Å²) in [6.45, 7) is 9.99. The van der Waals surface area contributed by atoms with Gasteiger partial charge in [-0.2, -0.15) is 0 Å². The predicted molar refractivity (Wildman–Crippen MR) is 105 cm³/mol. The number of carboxylic acid groups (broad SMARTS) is 1. The number of carbonyl (C=O) groups is 1. The maximum atomic E-state index is 11.0. The normalized spacial score (nSPS) is 19.0. The Hall–Kier alpha value is -1.55. The molecule has 1 heterocycles. The van der Waals surface area contributed by atoms with Gasteiger partial charge < -0.3 is 9.84 Å². The fourth-order valence-corrected chi connectivity index (χ4v) is 3.52. The lowest BCUT2D eigenvalue weighted by Gasteiger charge is -2.16. The predicted octanol–water partition coefficient (Wildman–Crippen LogP) is 4.82. The van der Waals surface area contributed by atoms with E-state index in [0.29, 0.717) is 12.5 Å². The molecule has 0 spiro atoms. The highest BCUT2D eigenvalue weighted by Gasteiger charge is 2.27. The Morgan fingerprint density at radius 3 is 2.54 bits per heavy atom. The summed E-state index contributed by atoms with van der Waals surface area (Å²) in [5, 5.41) is 9.08. The average Bonchev–Trinajstić information content (AvgIpc) is 3.05. The standard InChI is InChI=1S/C22H35NO3/c1-17(2)5-4-6-18(3)12-14-26-21-9-7-19(8-10-21)15-23-13-11-20(16-23)22(24)25/h7-10,17-18,20H,4-6,11-16H2,1-3H3,(H,24,25). The zero-order chi connectivity index (χ0) is 18.9. The van der Waals surface area contributed by atoms with Crippen LogP contribution in [0.4, 0.5) is 0 Å². The molecule has 1 saturated heterocycles. The summed E-state index contributed by atoms with van der Waals surface area (Å²) in [5.74, 6) is 1.56. The highest BCUT2D eigenvalue weighted by Crippen LogP contribution is 2.21. The van der Waals surface area contributed by atoms with E-state index in [1.54, 1.807) is 0 Å². The number of likely N-dealkylation sites (tertiary alicyclic amines) is 1. The molecule has 1 fully saturated rings. The first-order valence-corrected chi connectivity index (χ1v) is 10.1. The second kappa shape index (κ2) is 10.6. The molecule has 2 atom stereocenters. The Balaban J connectivity index is 1.65. The maximum Gasteiger partial charge on any atom is 0.307 e. The van der Waals surface area contributed by atoms with Crippen LogP contribution in [-0.4, -0.2) is 35.7 Å². The van der Waals surface area contributed by atoms with Crippen LogP contribution in [-0.2, 0) is 11.3 Å². The molecule has 0 bridgehead atoms. The number of nitrogens with zero attached hydrogens (tertiary/aromatic N) is 1. The fraction of sp³-hybridized carbons (Fsp3) is 0.682. The van der Waals surface area contributed by atoms with E-state index in [-0.39, 0.29) is 5.92 Å². The van der Waals surface area contributed by atoms with Crippen molar-refractivity contribution < 1.29 is 14.6 Å². The maximum absolute atomic E-state index is 11.0. The summed E-state index contributed by atoms with van der Waals surface area (Å²) in [7, 11) is 0. The Morgan fingerprint density at radius 1 is 1.19 bits per heavy atom. The highest BCUT2D eigenvalue weighted by atomic mass is 16.5. The first-order chi connectivity index (χ1) is 12.4. The SMILES string of the molecule is CC(C)CCCC(C)CCOc1ccc(CN2CCC(C(=O)O)C2)cc1. The van der Waals surface area contributed by atoms with E-state index in [2.05, 4.69) is 37.8 Å². The summed E-state index contributed by atoms with van der Waals surface area (Å²) in [5.41, 5.74) is 1.21. The van der Waals surface area contributed by atoms with Crippen molar-refractivity contribution in [3.63, 3.8) is 0 Å². The van der Waals surface area contributed by atoms with Crippen molar-refractivity contribution in [3.05, 3.63) is 29.8 Å². The first-order valence-electron chi connectivity index (χ1n) is 10.1. The van der Waals surface area contributed by atoms with Gasteiger partial charge in [-0.25, -0.2) is 0 Å². The van der Waals surface area contributed by atoms with Crippen molar-refractivity contribution >= 4 is 5.97 Å². The van der Waals surface area contributed by atoms with E-state index in [9.17, 15) is 4.79 Å². The van der Waals surface area contributed by atoms with Gasteiger partial charge in [0.05, 0.1) is 12.5 Å². The van der Waals surface area contributed by atoms with Crippen LogP contribution >= 0.6 is 0 Å². The van der Waals surface area contributed by atoms with Crippen LogP contribution in [0, 0.1) is 17.8 Å². The molecule has 1 aromatic carbocycles.